The standard InChI is InChI=1S/C23H19F3N8O/c1-28-22(27)33-19-7-4-14(11-32-19)21(35)34(13-16-6-5-15(12-31-16)23(24,25)26)18-8-10-29-17-3-2-9-30-20(17)18/h2-12H,13H2,1H3,(H3,27,28,32,33). The van der Waals surface area contributed by atoms with E-state index in [-0.39, 0.29) is 23.8 Å². The number of guanidine groups is 1. The van der Waals surface area contributed by atoms with Crippen LogP contribution in [0.15, 0.2) is 72.2 Å². The predicted octanol–water partition coefficient (Wildman–Crippen LogP) is 3.64. The Hall–Kier alpha value is -4.61. The minimum absolute atomic E-state index is 0.109. The van der Waals surface area contributed by atoms with Crippen LogP contribution in [0.25, 0.3) is 11.0 Å². The third kappa shape index (κ3) is 5.32. The molecule has 0 radical (unpaired) electrons. The molecule has 35 heavy (non-hydrogen) atoms. The number of nitrogens with two attached hydrogens (primary N) is 1. The van der Waals surface area contributed by atoms with Gasteiger partial charge in [-0.2, -0.15) is 13.2 Å². The molecule has 0 unspecified atom stereocenters. The van der Waals surface area contributed by atoms with Crippen LogP contribution in [0, 0.1) is 0 Å². The zero-order valence-corrected chi connectivity index (χ0v) is 18.4. The summed E-state index contributed by atoms with van der Waals surface area (Å²) in [7, 11) is 1.51. The van der Waals surface area contributed by atoms with Crippen molar-refractivity contribution in [1.82, 2.24) is 19.9 Å². The van der Waals surface area contributed by atoms with Crippen LogP contribution < -0.4 is 16.0 Å². The van der Waals surface area contributed by atoms with Crippen molar-refractivity contribution in [2.45, 2.75) is 12.7 Å². The van der Waals surface area contributed by atoms with Crippen molar-refractivity contribution in [3.8, 4) is 0 Å². The Bertz CT molecular complexity index is 1370. The van der Waals surface area contributed by atoms with Crippen LogP contribution in [-0.2, 0) is 12.7 Å². The lowest BCUT2D eigenvalue weighted by molar-refractivity contribution is -0.137. The van der Waals surface area contributed by atoms with Crippen LogP contribution >= 0.6 is 0 Å². The number of amides is 1. The molecular formula is C23H19F3N8O. The van der Waals surface area contributed by atoms with Crippen molar-refractivity contribution in [1.29, 1.82) is 0 Å². The van der Waals surface area contributed by atoms with Gasteiger partial charge in [0.1, 0.15) is 11.3 Å². The molecule has 0 aliphatic carbocycles. The minimum atomic E-state index is -4.51. The fourth-order valence-electron chi connectivity index (χ4n) is 3.23. The predicted molar refractivity (Wildman–Crippen MR) is 125 cm³/mol. The highest BCUT2D eigenvalue weighted by Crippen LogP contribution is 2.30. The van der Waals surface area contributed by atoms with Crippen molar-refractivity contribution in [3.05, 3.63) is 84.1 Å². The van der Waals surface area contributed by atoms with Crippen molar-refractivity contribution >= 4 is 34.4 Å². The second-order valence-electron chi connectivity index (χ2n) is 7.29. The number of aromatic nitrogens is 4. The van der Waals surface area contributed by atoms with Gasteiger partial charge in [0.05, 0.1) is 34.6 Å². The molecule has 4 heterocycles. The largest absolute Gasteiger partial charge is 0.417 e. The minimum Gasteiger partial charge on any atom is -0.370 e. The van der Waals surface area contributed by atoms with Crippen molar-refractivity contribution in [2.75, 3.05) is 17.3 Å². The lowest BCUT2D eigenvalue weighted by Crippen LogP contribution is -2.31. The molecule has 4 aromatic heterocycles. The second-order valence-corrected chi connectivity index (χ2v) is 7.29. The molecule has 0 aromatic carbocycles. The Kier molecular flexibility index (Phi) is 6.53. The Morgan fingerprint density at radius 2 is 1.86 bits per heavy atom. The molecule has 9 nitrogen and oxygen atoms in total. The van der Waals surface area contributed by atoms with Crippen LogP contribution in [0.3, 0.4) is 0 Å². The highest BCUT2D eigenvalue weighted by atomic mass is 19.4. The lowest BCUT2D eigenvalue weighted by atomic mass is 10.1. The average Bonchev–Trinajstić information content (AvgIpc) is 2.87. The quantitative estimate of drug-likeness (QED) is 0.330. The number of hydrogen-bond donors (Lipinski definition) is 2. The SMILES string of the molecule is CN=C(N)Nc1ccc(C(=O)N(Cc2ccc(C(F)(F)F)cn2)c2ccnc3cccnc23)cn1. The first-order valence-electron chi connectivity index (χ1n) is 10.3. The molecule has 4 aromatic rings. The monoisotopic (exact) mass is 480 g/mol. The van der Waals surface area contributed by atoms with Gasteiger partial charge in [-0.25, -0.2) is 4.98 Å². The van der Waals surface area contributed by atoms with E-state index in [0.29, 0.717) is 22.5 Å². The fraction of sp³-hybridized carbons (Fsp3) is 0.130. The van der Waals surface area contributed by atoms with Gasteiger partial charge < -0.3 is 16.0 Å². The summed E-state index contributed by atoms with van der Waals surface area (Å²) >= 11 is 0. The Morgan fingerprint density at radius 1 is 1.03 bits per heavy atom. The number of nitrogens with zero attached hydrogens (tertiary/aromatic N) is 6. The maximum Gasteiger partial charge on any atom is 0.417 e. The Labute approximate surface area is 197 Å². The summed E-state index contributed by atoms with van der Waals surface area (Å²) in [5.74, 6) is 0.0820. The molecular weight excluding hydrogens is 461 g/mol. The first-order valence-corrected chi connectivity index (χ1v) is 10.3. The number of alkyl halides is 3. The van der Waals surface area contributed by atoms with E-state index in [1.165, 1.54) is 30.4 Å². The molecule has 178 valence electrons. The molecule has 0 aliphatic heterocycles. The van der Waals surface area contributed by atoms with E-state index < -0.39 is 17.6 Å². The Morgan fingerprint density at radius 3 is 2.51 bits per heavy atom. The number of nitrogens with one attached hydrogen (secondary N) is 1. The highest BCUT2D eigenvalue weighted by molar-refractivity contribution is 6.09. The zero-order chi connectivity index (χ0) is 25.0. The van der Waals surface area contributed by atoms with E-state index in [9.17, 15) is 18.0 Å². The Balaban J connectivity index is 1.72. The molecule has 12 heteroatoms. The van der Waals surface area contributed by atoms with Gasteiger partial charge in [0.2, 0.25) is 0 Å². The summed E-state index contributed by atoms with van der Waals surface area (Å²) in [5, 5.41) is 2.77. The van der Waals surface area contributed by atoms with Crippen LogP contribution in [0.2, 0.25) is 0 Å². The van der Waals surface area contributed by atoms with E-state index in [2.05, 4.69) is 30.2 Å². The average molecular weight is 480 g/mol. The van der Waals surface area contributed by atoms with Gasteiger partial charge >= 0.3 is 6.18 Å². The van der Waals surface area contributed by atoms with Gasteiger partial charge in [-0.05, 0) is 42.5 Å². The summed E-state index contributed by atoms with van der Waals surface area (Å²) in [6, 6.07) is 10.3. The van der Waals surface area contributed by atoms with Gasteiger partial charge in [0.25, 0.3) is 5.91 Å². The number of hydrogen-bond acceptors (Lipinski definition) is 6. The summed E-state index contributed by atoms with van der Waals surface area (Å²) in [6.45, 7) is -0.109. The summed E-state index contributed by atoms with van der Waals surface area (Å²) in [4.78, 5) is 35.4. The number of anilines is 2. The number of carbonyl (C=O) groups is 1. The smallest absolute Gasteiger partial charge is 0.370 e. The van der Waals surface area contributed by atoms with Gasteiger partial charge in [0, 0.05) is 31.8 Å². The van der Waals surface area contributed by atoms with Crippen molar-refractivity contribution in [2.24, 2.45) is 10.7 Å². The fourth-order valence-corrected chi connectivity index (χ4v) is 3.23. The van der Waals surface area contributed by atoms with Crippen LogP contribution in [0.4, 0.5) is 24.7 Å². The highest BCUT2D eigenvalue weighted by Gasteiger charge is 2.31. The third-order valence-electron chi connectivity index (χ3n) is 4.99. The number of pyridine rings is 4. The van der Waals surface area contributed by atoms with E-state index in [4.69, 9.17) is 5.73 Å². The molecule has 3 N–H and O–H groups in total. The number of fused-ring (bicyclic) bond motifs is 1. The normalized spacial score (nSPS) is 11.9. The first-order chi connectivity index (χ1) is 16.8. The summed E-state index contributed by atoms with van der Waals surface area (Å²) < 4.78 is 38.9. The second kappa shape index (κ2) is 9.71. The van der Waals surface area contributed by atoms with Gasteiger partial charge in [-0.3, -0.25) is 24.7 Å². The van der Waals surface area contributed by atoms with Gasteiger partial charge in [-0.1, -0.05) is 0 Å². The van der Waals surface area contributed by atoms with E-state index >= 15 is 0 Å². The summed E-state index contributed by atoms with van der Waals surface area (Å²) in [6.07, 6.45) is 0.673. The number of carbonyl (C=O) groups excluding carboxylic acids is 1. The number of rotatable bonds is 5. The molecule has 0 saturated heterocycles. The van der Waals surface area contributed by atoms with Crippen molar-refractivity contribution < 1.29 is 18.0 Å². The molecule has 0 fully saturated rings. The van der Waals surface area contributed by atoms with Crippen LogP contribution in [0.1, 0.15) is 21.6 Å². The maximum absolute atomic E-state index is 13.6. The van der Waals surface area contributed by atoms with E-state index in [1.807, 2.05) is 0 Å². The molecule has 4 rings (SSSR count). The van der Waals surface area contributed by atoms with Gasteiger partial charge in [0.15, 0.2) is 5.96 Å². The van der Waals surface area contributed by atoms with Crippen LogP contribution in [-0.4, -0.2) is 38.9 Å². The van der Waals surface area contributed by atoms with E-state index in [1.54, 1.807) is 36.5 Å². The van der Waals surface area contributed by atoms with Crippen molar-refractivity contribution in [3.63, 3.8) is 0 Å². The zero-order valence-electron chi connectivity index (χ0n) is 18.4. The number of halogens is 3. The first kappa shape index (κ1) is 23.5. The molecule has 1 amide bonds. The molecule has 0 aliphatic rings. The maximum atomic E-state index is 13.6. The molecule has 0 atom stereocenters. The van der Waals surface area contributed by atoms with Crippen LogP contribution in [0.5, 0.6) is 0 Å². The topological polar surface area (TPSA) is 122 Å². The molecule has 0 spiro atoms. The third-order valence-corrected chi connectivity index (χ3v) is 4.99. The molecule has 0 saturated carbocycles. The van der Waals surface area contributed by atoms with Gasteiger partial charge in [-0.15, -0.1) is 0 Å². The summed E-state index contributed by atoms with van der Waals surface area (Å²) in [5.41, 5.74) is 6.67. The molecule has 0 bridgehead atoms. The van der Waals surface area contributed by atoms with E-state index in [0.717, 1.165) is 12.3 Å². The lowest BCUT2D eigenvalue weighted by Gasteiger charge is -2.23. The number of aliphatic imine (C=N–C) groups is 1.